The van der Waals surface area contributed by atoms with E-state index in [1.807, 2.05) is 13.0 Å². The molecule has 0 amide bonds. The minimum atomic E-state index is -0.243. The second-order valence-corrected chi connectivity index (χ2v) is 7.52. The molecule has 0 spiro atoms. The predicted octanol–water partition coefficient (Wildman–Crippen LogP) is 3.76. The first-order valence-corrected chi connectivity index (χ1v) is 9.85. The van der Waals surface area contributed by atoms with Gasteiger partial charge in [-0.25, -0.2) is 9.37 Å². The number of anilines is 1. The van der Waals surface area contributed by atoms with Gasteiger partial charge in [0.15, 0.2) is 0 Å². The van der Waals surface area contributed by atoms with Gasteiger partial charge < -0.3 is 14.5 Å². The molecule has 26 heavy (non-hydrogen) atoms. The van der Waals surface area contributed by atoms with Gasteiger partial charge in [0, 0.05) is 36.4 Å². The molecule has 3 heterocycles. The summed E-state index contributed by atoms with van der Waals surface area (Å²) in [6.45, 7) is 8.19. The minimum absolute atomic E-state index is 0.243. The van der Waals surface area contributed by atoms with Crippen molar-refractivity contribution in [2.45, 2.75) is 38.7 Å². The summed E-state index contributed by atoms with van der Waals surface area (Å²) in [6.07, 6.45) is 5.06. The normalized spacial score (nSPS) is 19.5. The lowest BCUT2D eigenvalue weighted by Gasteiger charge is -2.34. The molecule has 0 aliphatic carbocycles. The first kappa shape index (κ1) is 17.7. The van der Waals surface area contributed by atoms with Crippen molar-refractivity contribution in [1.82, 2.24) is 9.88 Å². The van der Waals surface area contributed by atoms with E-state index >= 15 is 0 Å². The number of rotatable bonds is 5. The molecule has 0 unspecified atom stereocenters. The molecule has 5 heteroatoms. The summed E-state index contributed by atoms with van der Waals surface area (Å²) in [5.41, 5.74) is 2.44. The zero-order valence-corrected chi connectivity index (χ0v) is 15.6. The fourth-order valence-electron chi connectivity index (χ4n) is 4.20. The lowest BCUT2D eigenvalue weighted by molar-refractivity contribution is 0.0266. The van der Waals surface area contributed by atoms with Crippen molar-refractivity contribution in [3.8, 4) is 0 Å². The van der Waals surface area contributed by atoms with Gasteiger partial charge in [0.2, 0.25) is 0 Å². The molecule has 0 bridgehead atoms. The van der Waals surface area contributed by atoms with Crippen molar-refractivity contribution in [3.63, 3.8) is 0 Å². The van der Waals surface area contributed by atoms with Gasteiger partial charge >= 0.3 is 0 Å². The maximum Gasteiger partial charge on any atom is 0.149 e. The van der Waals surface area contributed by atoms with E-state index in [9.17, 15) is 4.39 Å². The molecule has 4 nitrogen and oxygen atoms in total. The number of hydrogen-bond acceptors (Lipinski definition) is 4. The van der Waals surface area contributed by atoms with Crippen molar-refractivity contribution in [2.75, 3.05) is 44.2 Å². The Kier molecular flexibility index (Phi) is 5.36. The fraction of sp³-hybridized carbons (Fsp3) is 0.571. The van der Waals surface area contributed by atoms with Gasteiger partial charge in [-0.05, 0) is 57.8 Å². The smallest absolute Gasteiger partial charge is 0.149 e. The zero-order chi connectivity index (χ0) is 17.9. The molecule has 4 rings (SSSR count). The molecule has 2 fully saturated rings. The molecule has 0 N–H and O–H groups in total. The van der Waals surface area contributed by atoms with Gasteiger partial charge in [-0.1, -0.05) is 12.1 Å². The van der Waals surface area contributed by atoms with Gasteiger partial charge in [0.25, 0.3) is 0 Å². The van der Waals surface area contributed by atoms with Gasteiger partial charge in [-0.15, -0.1) is 0 Å². The molecule has 2 aliphatic rings. The summed E-state index contributed by atoms with van der Waals surface area (Å²) < 4.78 is 20.3. The van der Waals surface area contributed by atoms with Crippen LogP contribution in [0.5, 0.6) is 0 Å². The Morgan fingerprint density at radius 3 is 2.69 bits per heavy atom. The highest BCUT2D eigenvalue weighted by Gasteiger charge is 2.22. The summed E-state index contributed by atoms with van der Waals surface area (Å²) in [7, 11) is 0. The highest BCUT2D eigenvalue weighted by molar-refractivity contribution is 5.92. The van der Waals surface area contributed by atoms with Crippen LogP contribution in [-0.4, -0.2) is 55.3 Å². The van der Waals surface area contributed by atoms with Crippen LogP contribution in [0.1, 0.15) is 31.4 Å². The highest BCUT2D eigenvalue weighted by atomic mass is 19.1. The van der Waals surface area contributed by atoms with E-state index in [1.165, 1.54) is 32.0 Å². The van der Waals surface area contributed by atoms with Gasteiger partial charge in [-0.3, -0.25) is 0 Å². The quantitative estimate of drug-likeness (QED) is 0.815. The minimum Gasteiger partial charge on any atom is -0.377 e. The maximum atomic E-state index is 14.1. The SMILES string of the molecule is Cc1cc(N2CCC(OCCN3CCCC3)CC2)c2cccc(F)c2n1. The molecule has 0 atom stereocenters. The van der Waals surface area contributed by atoms with E-state index in [2.05, 4.69) is 20.9 Å². The number of hydrogen-bond donors (Lipinski definition) is 0. The number of fused-ring (bicyclic) bond motifs is 1. The van der Waals surface area contributed by atoms with Crippen molar-refractivity contribution in [2.24, 2.45) is 0 Å². The Balaban J connectivity index is 1.37. The monoisotopic (exact) mass is 357 g/mol. The second kappa shape index (κ2) is 7.89. The van der Waals surface area contributed by atoms with E-state index in [0.29, 0.717) is 11.6 Å². The summed E-state index contributed by atoms with van der Waals surface area (Å²) in [4.78, 5) is 9.25. The molecule has 2 aliphatic heterocycles. The predicted molar refractivity (Wildman–Crippen MR) is 103 cm³/mol. The van der Waals surface area contributed by atoms with Crippen LogP contribution >= 0.6 is 0 Å². The first-order valence-electron chi connectivity index (χ1n) is 9.85. The lowest BCUT2D eigenvalue weighted by atomic mass is 10.0. The summed E-state index contributed by atoms with van der Waals surface area (Å²) >= 11 is 0. The van der Waals surface area contributed by atoms with E-state index in [4.69, 9.17) is 4.74 Å². The summed E-state index contributed by atoms with van der Waals surface area (Å²) in [6, 6.07) is 7.31. The number of nitrogens with zero attached hydrogens (tertiary/aromatic N) is 3. The van der Waals surface area contributed by atoms with Crippen LogP contribution in [0.15, 0.2) is 24.3 Å². The third kappa shape index (κ3) is 3.84. The number of para-hydroxylation sites is 1. The molecule has 1 aromatic heterocycles. The van der Waals surface area contributed by atoms with Crippen molar-refractivity contribution in [1.29, 1.82) is 0 Å². The van der Waals surface area contributed by atoms with Crippen molar-refractivity contribution in [3.05, 3.63) is 35.8 Å². The summed E-state index contributed by atoms with van der Waals surface area (Å²) in [5.74, 6) is -0.243. The third-order valence-electron chi connectivity index (χ3n) is 5.64. The van der Waals surface area contributed by atoms with Gasteiger partial charge in [0.1, 0.15) is 11.3 Å². The highest BCUT2D eigenvalue weighted by Crippen LogP contribution is 2.30. The van der Waals surface area contributed by atoms with Crippen LogP contribution in [0.25, 0.3) is 10.9 Å². The standard InChI is InChI=1S/C21H28FN3O/c1-16-15-20(18-5-4-6-19(22)21(18)23-16)25-11-7-17(8-12-25)26-14-13-24-9-2-3-10-24/h4-6,15,17H,2-3,7-14H2,1H3. The van der Waals surface area contributed by atoms with Crippen molar-refractivity contribution < 1.29 is 9.13 Å². The van der Waals surface area contributed by atoms with Crippen LogP contribution in [0, 0.1) is 12.7 Å². The van der Waals surface area contributed by atoms with E-state index < -0.39 is 0 Å². The molecule has 0 radical (unpaired) electrons. The number of piperidine rings is 1. The first-order chi connectivity index (χ1) is 12.7. The van der Waals surface area contributed by atoms with E-state index in [1.54, 1.807) is 6.07 Å². The third-order valence-corrected chi connectivity index (χ3v) is 5.64. The Hall–Kier alpha value is -1.72. The second-order valence-electron chi connectivity index (χ2n) is 7.52. The molecule has 140 valence electrons. The largest absolute Gasteiger partial charge is 0.377 e. The molecular weight excluding hydrogens is 329 g/mol. The van der Waals surface area contributed by atoms with Crippen LogP contribution in [-0.2, 0) is 4.74 Å². The lowest BCUT2D eigenvalue weighted by Crippen LogP contribution is -2.38. The van der Waals surface area contributed by atoms with Crippen LogP contribution in [0.4, 0.5) is 10.1 Å². The number of aryl methyl sites for hydroxylation is 1. The molecular formula is C21H28FN3O. The number of aromatic nitrogens is 1. The number of likely N-dealkylation sites (tertiary alicyclic amines) is 1. The number of halogens is 1. The number of ether oxygens (including phenoxy) is 1. The van der Waals surface area contributed by atoms with Crippen LogP contribution in [0.3, 0.4) is 0 Å². The zero-order valence-electron chi connectivity index (χ0n) is 15.6. The molecule has 1 aromatic carbocycles. The van der Waals surface area contributed by atoms with Crippen LogP contribution < -0.4 is 4.90 Å². The van der Waals surface area contributed by atoms with Gasteiger partial charge in [-0.2, -0.15) is 0 Å². The fourth-order valence-corrected chi connectivity index (χ4v) is 4.20. The Morgan fingerprint density at radius 1 is 1.15 bits per heavy atom. The average molecular weight is 357 g/mol. The molecule has 2 saturated heterocycles. The maximum absolute atomic E-state index is 14.1. The van der Waals surface area contributed by atoms with Crippen molar-refractivity contribution >= 4 is 16.6 Å². The van der Waals surface area contributed by atoms with Crippen LogP contribution in [0.2, 0.25) is 0 Å². The Labute approximate surface area is 154 Å². The molecule has 2 aromatic rings. The molecule has 0 saturated carbocycles. The Morgan fingerprint density at radius 2 is 1.92 bits per heavy atom. The topological polar surface area (TPSA) is 28.6 Å². The Bertz CT molecular complexity index is 752. The summed E-state index contributed by atoms with van der Waals surface area (Å²) in [5, 5.41) is 0.906. The average Bonchev–Trinajstić information content (AvgIpc) is 3.16. The number of benzene rings is 1. The van der Waals surface area contributed by atoms with E-state index in [0.717, 1.165) is 55.9 Å². The van der Waals surface area contributed by atoms with Gasteiger partial charge in [0.05, 0.1) is 12.7 Å². The van der Waals surface area contributed by atoms with E-state index in [-0.39, 0.29) is 5.82 Å². The number of pyridine rings is 1.